The molecule has 7 nitrogen and oxygen atoms in total. The predicted octanol–water partition coefficient (Wildman–Crippen LogP) is 2.87. The number of aryl methyl sites for hydroxylation is 1. The van der Waals surface area contributed by atoms with Crippen LogP contribution in [0.1, 0.15) is 29.2 Å². The van der Waals surface area contributed by atoms with Crippen molar-refractivity contribution in [3.8, 4) is 5.75 Å². The molecule has 1 aromatic heterocycles. The molecule has 0 aliphatic rings. The number of rotatable bonds is 7. The maximum atomic E-state index is 13.6. The van der Waals surface area contributed by atoms with Crippen LogP contribution in [0.5, 0.6) is 5.75 Å². The molecule has 0 bridgehead atoms. The van der Waals surface area contributed by atoms with Gasteiger partial charge in [-0.15, -0.1) is 0 Å². The zero-order valence-corrected chi connectivity index (χ0v) is 17.5. The van der Waals surface area contributed by atoms with Crippen molar-refractivity contribution < 1.29 is 23.1 Å². The van der Waals surface area contributed by atoms with E-state index in [-0.39, 0.29) is 18.4 Å². The standard InChI is InChI=1S/C23H23FN2O5/c1-13-17-8-7-16(30-3)12-19(17)31-23(29)18(13)9-10-20(27)26(2)21(22(25)28)14-5-4-6-15(24)11-14/h4-8,11-12,21H,9-10H2,1-3H3,(H2,25,28). The fraction of sp³-hybridized carbons (Fsp3) is 0.261. The summed E-state index contributed by atoms with van der Waals surface area (Å²) in [5, 5.41) is 0.742. The van der Waals surface area contributed by atoms with Gasteiger partial charge in [-0.25, -0.2) is 9.18 Å². The second-order valence-electron chi connectivity index (χ2n) is 7.22. The van der Waals surface area contributed by atoms with E-state index in [2.05, 4.69) is 0 Å². The normalized spacial score (nSPS) is 11.9. The van der Waals surface area contributed by atoms with Gasteiger partial charge in [0, 0.05) is 30.5 Å². The zero-order chi connectivity index (χ0) is 22.7. The van der Waals surface area contributed by atoms with Crippen LogP contribution in [0.3, 0.4) is 0 Å². The molecular formula is C23H23FN2O5. The van der Waals surface area contributed by atoms with Crippen molar-refractivity contribution >= 4 is 22.8 Å². The van der Waals surface area contributed by atoms with E-state index < -0.39 is 29.3 Å². The van der Waals surface area contributed by atoms with E-state index in [1.807, 2.05) is 0 Å². The van der Waals surface area contributed by atoms with Gasteiger partial charge in [-0.3, -0.25) is 9.59 Å². The molecule has 0 aliphatic heterocycles. The summed E-state index contributed by atoms with van der Waals surface area (Å²) in [5.41, 5.74) is 6.69. The van der Waals surface area contributed by atoms with Crippen molar-refractivity contribution in [2.75, 3.05) is 14.2 Å². The number of hydrogen-bond acceptors (Lipinski definition) is 5. The molecule has 3 aromatic rings. The lowest BCUT2D eigenvalue weighted by atomic mass is 10.0. The van der Waals surface area contributed by atoms with E-state index in [0.717, 1.165) is 11.5 Å². The lowest BCUT2D eigenvalue weighted by Gasteiger charge is -2.26. The zero-order valence-electron chi connectivity index (χ0n) is 17.5. The molecule has 0 radical (unpaired) electrons. The van der Waals surface area contributed by atoms with Crippen LogP contribution in [0.25, 0.3) is 11.0 Å². The van der Waals surface area contributed by atoms with Gasteiger partial charge in [0.25, 0.3) is 0 Å². The molecule has 0 saturated carbocycles. The van der Waals surface area contributed by atoms with Crippen LogP contribution in [0.15, 0.2) is 51.7 Å². The van der Waals surface area contributed by atoms with Gasteiger partial charge < -0.3 is 19.8 Å². The Kier molecular flexibility index (Phi) is 6.39. The highest BCUT2D eigenvalue weighted by Crippen LogP contribution is 2.25. The fourth-order valence-corrected chi connectivity index (χ4v) is 3.60. The third-order valence-electron chi connectivity index (χ3n) is 5.30. The Morgan fingerprint density at radius 1 is 1.23 bits per heavy atom. The number of nitrogens with zero attached hydrogens (tertiary/aromatic N) is 1. The molecule has 0 fully saturated rings. The van der Waals surface area contributed by atoms with Crippen molar-refractivity contribution in [2.45, 2.75) is 25.8 Å². The largest absolute Gasteiger partial charge is 0.497 e. The summed E-state index contributed by atoms with van der Waals surface area (Å²) in [7, 11) is 2.94. The summed E-state index contributed by atoms with van der Waals surface area (Å²) in [6.07, 6.45) is 0.0663. The number of carbonyl (C=O) groups excluding carboxylic acids is 2. The van der Waals surface area contributed by atoms with Crippen molar-refractivity contribution in [1.29, 1.82) is 0 Å². The fourth-order valence-electron chi connectivity index (χ4n) is 3.60. The molecule has 1 atom stereocenters. The number of hydrogen-bond donors (Lipinski definition) is 1. The minimum absolute atomic E-state index is 0.0527. The van der Waals surface area contributed by atoms with Crippen LogP contribution in [-0.2, 0) is 16.0 Å². The predicted molar refractivity (Wildman–Crippen MR) is 113 cm³/mol. The highest BCUT2D eigenvalue weighted by atomic mass is 19.1. The van der Waals surface area contributed by atoms with Crippen LogP contribution >= 0.6 is 0 Å². The summed E-state index contributed by atoms with van der Waals surface area (Å²) < 4.78 is 24.1. The molecular weight excluding hydrogens is 403 g/mol. The van der Waals surface area contributed by atoms with Crippen LogP contribution in [-0.4, -0.2) is 30.9 Å². The van der Waals surface area contributed by atoms with E-state index in [9.17, 15) is 18.8 Å². The number of fused-ring (bicyclic) bond motifs is 1. The second-order valence-corrected chi connectivity index (χ2v) is 7.22. The highest BCUT2D eigenvalue weighted by molar-refractivity contribution is 5.88. The quantitative estimate of drug-likeness (QED) is 0.585. The number of carbonyl (C=O) groups is 2. The number of likely N-dealkylation sites (N-methyl/N-ethyl adjacent to an activating group) is 1. The Bertz CT molecular complexity index is 1200. The maximum Gasteiger partial charge on any atom is 0.339 e. The lowest BCUT2D eigenvalue weighted by molar-refractivity contribution is -0.138. The van der Waals surface area contributed by atoms with Crippen molar-refractivity contribution in [3.05, 3.63) is 75.4 Å². The molecule has 1 unspecified atom stereocenters. The van der Waals surface area contributed by atoms with E-state index in [1.54, 1.807) is 25.1 Å². The first kappa shape index (κ1) is 22.0. The smallest absolute Gasteiger partial charge is 0.339 e. The van der Waals surface area contributed by atoms with E-state index in [1.165, 1.54) is 37.3 Å². The van der Waals surface area contributed by atoms with Gasteiger partial charge in [0.2, 0.25) is 11.8 Å². The summed E-state index contributed by atoms with van der Waals surface area (Å²) in [6.45, 7) is 1.79. The summed E-state index contributed by atoms with van der Waals surface area (Å²) in [5.74, 6) is -1.17. The molecule has 2 N–H and O–H groups in total. The number of benzene rings is 2. The minimum atomic E-state index is -1.12. The summed E-state index contributed by atoms with van der Waals surface area (Å²) >= 11 is 0. The van der Waals surface area contributed by atoms with E-state index in [4.69, 9.17) is 14.9 Å². The van der Waals surface area contributed by atoms with E-state index in [0.29, 0.717) is 22.5 Å². The first-order chi connectivity index (χ1) is 14.7. The molecule has 8 heteroatoms. The Labute approximate surface area is 178 Å². The summed E-state index contributed by atoms with van der Waals surface area (Å²) in [6, 6.07) is 9.42. The number of ether oxygens (including phenoxy) is 1. The van der Waals surface area contributed by atoms with Gasteiger partial charge in [0.05, 0.1) is 7.11 Å². The van der Waals surface area contributed by atoms with Gasteiger partial charge in [-0.1, -0.05) is 12.1 Å². The van der Waals surface area contributed by atoms with Gasteiger partial charge in [-0.05, 0) is 48.7 Å². The van der Waals surface area contributed by atoms with Crippen LogP contribution in [0.4, 0.5) is 4.39 Å². The molecule has 0 aliphatic carbocycles. The van der Waals surface area contributed by atoms with Crippen LogP contribution < -0.4 is 16.1 Å². The van der Waals surface area contributed by atoms with Gasteiger partial charge in [0.1, 0.15) is 23.2 Å². The van der Waals surface area contributed by atoms with Gasteiger partial charge >= 0.3 is 5.63 Å². The molecule has 1 heterocycles. The van der Waals surface area contributed by atoms with Crippen molar-refractivity contribution in [2.24, 2.45) is 5.73 Å². The Hall–Kier alpha value is -3.68. The highest BCUT2D eigenvalue weighted by Gasteiger charge is 2.27. The second kappa shape index (κ2) is 8.99. The third-order valence-corrected chi connectivity index (χ3v) is 5.30. The molecule has 2 aromatic carbocycles. The van der Waals surface area contributed by atoms with Gasteiger partial charge in [-0.2, -0.15) is 0 Å². The lowest BCUT2D eigenvalue weighted by Crippen LogP contribution is -2.39. The van der Waals surface area contributed by atoms with Crippen molar-refractivity contribution in [3.63, 3.8) is 0 Å². The average Bonchev–Trinajstić information content (AvgIpc) is 2.72. The molecule has 3 rings (SSSR count). The molecule has 2 amide bonds. The Morgan fingerprint density at radius 2 is 1.97 bits per heavy atom. The van der Waals surface area contributed by atoms with Gasteiger partial charge in [0.15, 0.2) is 0 Å². The molecule has 162 valence electrons. The Morgan fingerprint density at radius 3 is 2.61 bits per heavy atom. The SMILES string of the molecule is COc1ccc2c(C)c(CCC(=O)N(C)C(C(N)=O)c3cccc(F)c3)c(=O)oc2c1. The topological polar surface area (TPSA) is 103 Å². The minimum Gasteiger partial charge on any atom is -0.497 e. The number of nitrogens with two attached hydrogens (primary N) is 1. The molecule has 31 heavy (non-hydrogen) atoms. The molecule has 0 saturated heterocycles. The van der Waals surface area contributed by atoms with Crippen LogP contribution in [0, 0.1) is 12.7 Å². The molecule has 0 spiro atoms. The number of primary amides is 1. The number of amides is 2. The summed E-state index contributed by atoms with van der Waals surface area (Å²) in [4.78, 5) is 38.4. The van der Waals surface area contributed by atoms with E-state index >= 15 is 0 Å². The maximum absolute atomic E-state index is 13.6. The first-order valence-corrected chi connectivity index (χ1v) is 9.63. The third kappa shape index (κ3) is 4.58. The van der Waals surface area contributed by atoms with Crippen molar-refractivity contribution in [1.82, 2.24) is 4.90 Å². The average molecular weight is 426 g/mol. The first-order valence-electron chi connectivity index (χ1n) is 9.63. The number of halogens is 1. The Balaban J connectivity index is 1.83. The van der Waals surface area contributed by atoms with Crippen LogP contribution in [0.2, 0.25) is 0 Å². The monoisotopic (exact) mass is 426 g/mol. The number of methoxy groups -OCH3 is 1.